The SMILES string of the molecule is C.C=CC(=O)OCCOCCOC(C)OCC(COc1ccc(F)c2c(=O)c3ccccc3sc12)OC(C)OCCOCCOC(=O)C=C.C=COCCOCCOC(=O)C=C.O=C(O)C(F)(F)F.O=c1c2ccccc2sc2c(OCC(O)CO)ccc(F)c12. The minimum absolute atomic E-state index is 0. The molecular weight excluding hydrogens is 1260 g/mol. The first-order valence-corrected chi connectivity index (χ1v) is 28.7. The fourth-order valence-electron chi connectivity index (χ4n) is 6.88. The normalized spacial score (nSPS) is 12.1. The topological polar surface area (TPSA) is 283 Å². The van der Waals surface area contributed by atoms with Crippen LogP contribution in [0.2, 0.25) is 0 Å². The van der Waals surface area contributed by atoms with Crippen LogP contribution < -0.4 is 20.3 Å². The van der Waals surface area contributed by atoms with Crippen LogP contribution in [-0.4, -0.2) is 176 Å². The quantitative estimate of drug-likeness (QED) is 0.00483. The molecule has 0 aliphatic heterocycles. The maximum atomic E-state index is 14.8. The number of carbonyl (C=O) groups is 4. The zero-order valence-electron chi connectivity index (χ0n) is 49.0. The third kappa shape index (κ3) is 29.4. The summed E-state index contributed by atoms with van der Waals surface area (Å²) in [5, 5.41) is 26.2. The van der Waals surface area contributed by atoms with E-state index in [4.69, 9.17) is 71.8 Å². The fraction of sp³-hybridized carbons (Fsp3) is 0.387. The second kappa shape index (κ2) is 43.8. The first-order valence-electron chi connectivity index (χ1n) is 27.1. The van der Waals surface area contributed by atoms with Gasteiger partial charge in [0.2, 0.25) is 0 Å². The number of alkyl halides is 3. The lowest BCUT2D eigenvalue weighted by atomic mass is 10.1. The van der Waals surface area contributed by atoms with Gasteiger partial charge in [0, 0.05) is 38.4 Å². The average molecular weight is 1330 g/mol. The van der Waals surface area contributed by atoms with Gasteiger partial charge >= 0.3 is 30.1 Å². The van der Waals surface area contributed by atoms with E-state index in [0.717, 1.165) is 22.9 Å². The zero-order valence-corrected chi connectivity index (χ0v) is 50.6. The van der Waals surface area contributed by atoms with Gasteiger partial charge < -0.3 is 76.9 Å². The largest absolute Gasteiger partial charge is 0.499 e. The Bertz CT molecular complexity index is 3380. The predicted octanol–water partition coefficient (Wildman–Crippen LogP) is 9.00. The molecule has 4 aromatic carbocycles. The van der Waals surface area contributed by atoms with Crippen LogP contribution in [0.4, 0.5) is 22.0 Å². The van der Waals surface area contributed by atoms with Gasteiger partial charge in [-0.15, -0.1) is 22.7 Å². The first-order chi connectivity index (χ1) is 43.1. The molecule has 6 rings (SSSR count). The second-order valence-corrected chi connectivity index (χ2v) is 19.7. The van der Waals surface area contributed by atoms with Crippen molar-refractivity contribution in [2.45, 2.75) is 52.2 Å². The molecule has 4 atom stereocenters. The summed E-state index contributed by atoms with van der Waals surface area (Å²) in [6.45, 7) is 19.1. The number of carboxylic acid groups (broad SMARTS) is 1. The Balaban J connectivity index is 0.000000532. The highest BCUT2D eigenvalue weighted by molar-refractivity contribution is 7.25. The van der Waals surface area contributed by atoms with E-state index >= 15 is 0 Å². The Morgan fingerprint density at radius 3 is 1.36 bits per heavy atom. The summed E-state index contributed by atoms with van der Waals surface area (Å²) in [5.74, 6) is -4.83. The number of aliphatic carboxylic acids is 1. The van der Waals surface area contributed by atoms with Crippen molar-refractivity contribution in [3.63, 3.8) is 0 Å². The Hall–Kier alpha value is -7.81. The molecule has 0 saturated heterocycles. The molecule has 0 bridgehead atoms. The molecule has 6 aromatic rings. The maximum Gasteiger partial charge on any atom is 0.490 e. The van der Waals surface area contributed by atoms with E-state index in [-0.39, 0.29) is 103 Å². The fourth-order valence-corrected chi connectivity index (χ4v) is 9.19. The van der Waals surface area contributed by atoms with Crippen molar-refractivity contribution < 1.29 is 118 Å². The molecule has 29 heteroatoms. The van der Waals surface area contributed by atoms with Crippen LogP contribution in [-0.2, 0) is 71.3 Å². The predicted molar refractivity (Wildman–Crippen MR) is 329 cm³/mol. The molecular formula is C62H73F5O22S2. The summed E-state index contributed by atoms with van der Waals surface area (Å²) in [6.07, 6.45) is -3.51. The monoisotopic (exact) mass is 1330 g/mol. The summed E-state index contributed by atoms with van der Waals surface area (Å²) in [6, 6.07) is 19.3. The molecule has 0 aliphatic carbocycles. The number of fused-ring (bicyclic) bond motifs is 4. The van der Waals surface area contributed by atoms with E-state index in [1.54, 1.807) is 56.3 Å². The number of aliphatic hydroxyl groups excluding tert-OH is 2. The molecule has 500 valence electrons. The third-order valence-electron chi connectivity index (χ3n) is 11.0. The number of esters is 3. The molecule has 4 unspecified atom stereocenters. The minimum atomic E-state index is -5.08. The number of benzene rings is 4. The van der Waals surface area contributed by atoms with Gasteiger partial charge in [-0.3, -0.25) is 9.59 Å². The smallest absolute Gasteiger partial charge is 0.490 e. The minimum Gasteiger partial charge on any atom is -0.499 e. The standard InChI is InChI=1S/C34H41FO12S.C16H13FO4S.C9H14O4.C2HF3O2.CH4/c1-5-30(36)43-19-15-39-13-17-41-23(3)45-21-25(47-24(4)42-18-14-40-16-20-44-31(37)6-2)22-46-28-12-11-27(35)32-33(38)26-9-7-8-10-29(26)48-34(28)32;17-11-5-6-12(21-8-9(19)7-18)16-14(11)15(20)10-3-1-2-4-13(10)22-16;1-3-9(10)13-8-7-12-6-5-11-4-2;3-2(4,5)1(6)7;/h5-12,23-25H,1-2,13-22H2,3-4H3;1-6,9,18-19H,7-8H2;3-4H,1-2,5-8H2;(H,6,7);1H4. The zero-order chi connectivity index (χ0) is 66.4. The van der Waals surface area contributed by atoms with E-state index in [1.165, 1.54) is 53.2 Å². The molecule has 22 nitrogen and oxygen atoms in total. The van der Waals surface area contributed by atoms with Gasteiger partial charge in [0.25, 0.3) is 0 Å². The highest BCUT2D eigenvalue weighted by atomic mass is 32.1. The van der Waals surface area contributed by atoms with Crippen LogP contribution in [0.3, 0.4) is 0 Å². The Morgan fingerprint density at radius 1 is 0.560 bits per heavy atom. The number of aliphatic hydroxyl groups is 2. The van der Waals surface area contributed by atoms with Crippen molar-refractivity contribution >= 4 is 86.9 Å². The van der Waals surface area contributed by atoms with Gasteiger partial charge in [-0.2, -0.15) is 13.2 Å². The molecule has 0 radical (unpaired) electrons. The Labute approximate surface area is 528 Å². The number of hydrogen-bond donors (Lipinski definition) is 3. The van der Waals surface area contributed by atoms with Crippen molar-refractivity contribution in [3.8, 4) is 11.5 Å². The summed E-state index contributed by atoms with van der Waals surface area (Å²) in [7, 11) is 0. The summed E-state index contributed by atoms with van der Waals surface area (Å²) < 4.78 is 133. The maximum absolute atomic E-state index is 14.8. The lowest BCUT2D eigenvalue weighted by Crippen LogP contribution is -2.34. The molecule has 0 spiro atoms. The number of ether oxygens (including phenoxy) is 13. The second-order valence-electron chi connectivity index (χ2n) is 17.6. The van der Waals surface area contributed by atoms with Gasteiger partial charge in [0.1, 0.15) is 75.0 Å². The summed E-state index contributed by atoms with van der Waals surface area (Å²) in [5.41, 5.74) is -0.788. The lowest BCUT2D eigenvalue weighted by Gasteiger charge is -2.24. The lowest BCUT2D eigenvalue weighted by molar-refractivity contribution is -0.208. The van der Waals surface area contributed by atoms with E-state index < -0.39 is 78.5 Å². The molecule has 0 amide bonds. The van der Waals surface area contributed by atoms with Crippen LogP contribution in [0, 0.1) is 11.6 Å². The highest BCUT2D eigenvalue weighted by Crippen LogP contribution is 2.35. The van der Waals surface area contributed by atoms with Gasteiger partial charge in [0.15, 0.2) is 23.4 Å². The number of carbonyl (C=O) groups excluding carboxylic acids is 3. The van der Waals surface area contributed by atoms with E-state index in [1.807, 2.05) is 6.07 Å². The van der Waals surface area contributed by atoms with E-state index in [9.17, 15) is 51.0 Å². The molecule has 0 aliphatic rings. The van der Waals surface area contributed by atoms with Crippen molar-refractivity contribution in [1.82, 2.24) is 0 Å². The summed E-state index contributed by atoms with van der Waals surface area (Å²) >= 11 is 2.52. The number of rotatable bonds is 36. The van der Waals surface area contributed by atoms with Gasteiger partial charge in [-0.25, -0.2) is 28.0 Å². The van der Waals surface area contributed by atoms with Gasteiger partial charge in [0.05, 0.1) is 92.5 Å². The highest BCUT2D eigenvalue weighted by Gasteiger charge is 2.38. The van der Waals surface area contributed by atoms with Crippen LogP contribution in [0.25, 0.3) is 40.3 Å². The van der Waals surface area contributed by atoms with E-state index in [2.05, 4.69) is 31.1 Å². The Morgan fingerprint density at radius 2 is 0.956 bits per heavy atom. The molecule has 2 heterocycles. The van der Waals surface area contributed by atoms with Crippen LogP contribution in [0.5, 0.6) is 11.5 Å². The average Bonchev–Trinajstić information content (AvgIpc) is 0.791. The van der Waals surface area contributed by atoms with Crippen LogP contribution in [0.1, 0.15) is 21.3 Å². The molecule has 0 saturated carbocycles. The number of halogens is 5. The van der Waals surface area contributed by atoms with Crippen molar-refractivity contribution in [1.29, 1.82) is 0 Å². The number of carboxylic acids is 1. The van der Waals surface area contributed by atoms with Crippen molar-refractivity contribution in [3.05, 3.63) is 156 Å². The number of hydrogen-bond acceptors (Lipinski definition) is 23. The van der Waals surface area contributed by atoms with Crippen LogP contribution >= 0.6 is 22.7 Å². The third-order valence-corrected chi connectivity index (χ3v) is 13.4. The van der Waals surface area contributed by atoms with E-state index in [0.29, 0.717) is 56.2 Å². The molecule has 0 fully saturated rings. The first kappa shape index (κ1) is 79.3. The Kier molecular flexibility index (Phi) is 38.2. The van der Waals surface area contributed by atoms with Crippen LogP contribution in [0.15, 0.2) is 133 Å². The van der Waals surface area contributed by atoms with Crippen molar-refractivity contribution in [2.24, 2.45) is 0 Å². The van der Waals surface area contributed by atoms with Gasteiger partial charge in [-0.1, -0.05) is 58.0 Å². The molecule has 3 N–H and O–H groups in total. The van der Waals surface area contributed by atoms with Crippen molar-refractivity contribution in [2.75, 3.05) is 106 Å². The van der Waals surface area contributed by atoms with Gasteiger partial charge in [-0.05, 0) is 62.4 Å². The molecule has 2 aromatic heterocycles. The summed E-state index contributed by atoms with van der Waals surface area (Å²) in [4.78, 5) is 67.1. The molecule has 91 heavy (non-hydrogen) atoms.